The maximum Gasteiger partial charge on any atom is 0.260 e. The lowest BCUT2D eigenvalue weighted by Gasteiger charge is -2.17. The van der Waals surface area contributed by atoms with Crippen LogP contribution in [0.2, 0.25) is 5.02 Å². The third-order valence-corrected chi connectivity index (χ3v) is 3.16. The first-order chi connectivity index (χ1) is 8.54. The van der Waals surface area contributed by atoms with Crippen LogP contribution in [0.3, 0.4) is 0 Å². The summed E-state index contributed by atoms with van der Waals surface area (Å²) in [4.78, 5) is 13.3. The molecule has 0 bridgehead atoms. The van der Waals surface area contributed by atoms with Gasteiger partial charge in [-0.15, -0.1) is 0 Å². The molecule has 100 valence electrons. The molecule has 0 saturated carbocycles. The molecule has 1 amide bonds. The van der Waals surface area contributed by atoms with Crippen molar-refractivity contribution in [2.75, 3.05) is 33.8 Å². The molecule has 1 aromatic rings. The Hall–Kier alpha value is -0.780. The van der Waals surface area contributed by atoms with Crippen molar-refractivity contribution >= 4 is 33.4 Å². The molecule has 0 fully saturated rings. The Labute approximate surface area is 120 Å². The SMILES string of the molecule is CNCCN(C)C(=O)COc1ccc(Br)cc1Cl. The molecule has 0 aliphatic heterocycles. The number of rotatable bonds is 6. The molecule has 0 aromatic heterocycles. The van der Waals surface area contributed by atoms with Crippen LogP contribution in [0, 0.1) is 0 Å². The predicted octanol–water partition coefficient (Wildman–Crippen LogP) is 2.16. The summed E-state index contributed by atoms with van der Waals surface area (Å²) in [6.45, 7) is 1.38. The Morgan fingerprint density at radius 1 is 1.56 bits per heavy atom. The van der Waals surface area contributed by atoms with Crippen LogP contribution in [0.4, 0.5) is 0 Å². The first-order valence-corrected chi connectivity index (χ1v) is 6.68. The highest BCUT2D eigenvalue weighted by atomic mass is 79.9. The van der Waals surface area contributed by atoms with Crippen LogP contribution >= 0.6 is 27.5 Å². The lowest BCUT2D eigenvalue weighted by molar-refractivity contribution is -0.131. The number of nitrogens with zero attached hydrogens (tertiary/aromatic N) is 1. The van der Waals surface area contributed by atoms with Gasteiger partial charge < -0.3 is 15.0 Å². The fraction of sp³-hybridized carbons (Fsp3) is 0.417. The van der Waals surface area contributed by atoms with Crippen LogP contribution in [0.5, 0.6) is 5.75 Å². The molecular formula is C12H16BrClN2O2. The molecule has 0 unspecified atom stereocenters. The highest BCUT2D eigenvalue weighted by Crippen LogP contribution is 2.27. The van der Waals surface area contributed by atoms with Gasteiger partial charge in [-0.2, -0.15) is 0 Å². The first kappa shape index (κ1) is 15.3. The van der Waals surface area contributed by atoms with E-state index in [1.807, 2.05) is 13.1 Å². The van der Waals surface area contributed by atoms with Crippen LogP contribution in [-0.2, 0) is 4.79 Å². The third kappa shape index (κ3) is 4.84. The van der Waals surface area contributed by atoms with Crippen molar-refractivity contribution in [3.05, 3.63) is 27.7 Å². The maximum atomic E-state index is 11.7. The molecule has 1 aromatic carbocycles. The van der Waals surface area contributed by atoms with Gasteiger partial charge >= 0.3 is 0 Å². The van der Waals surface area contributed by atoms with Gasteiger partial charge in [0.15, 0.2) is 6.61 Å². The molecule has 1 rings (SSSR count). The van der Waals surface area contributed by atoms with Gasteiger partial charge in [0.1, 0.15) is 5.75 Å². The van der Waals surface area contributed by atoms with Crippen molar-refractivity contribution in [3.63, 3.8) is 0 Å². The highest BCUT2D eigenvalue weighted by Gasteiger charge is 2.10. The molecular weight excluding hydrogens is 320 g/mol. The van der Waals surface area contributed by atoms with E-state index in [0.717, 1.165) is 11.0 Å². The summed E-state index contributed by atoms with van der Waals surface area (Å²) >= 11 is 9.29. The van der Waals surface area contributed by atoms with E-state index in [2.05, 4.69) is 21.2 Å². The van der Waals surface area contributed by atoms with Crippen molar-refractivity contribution in [1.82, 2.24) is 10.2 Å². The Morgan fingerprint density at radius 3 is 2.89 bits per heavy atom. The van der Waals surface area contributed by atoms with Gasteiger partial charge in [-0.3, -0.25) is 4.79 Å². The minimum Gasteiger partial charge on any atom is -0.482 e. The van der Waals surface area contributed by atoms with E-state index in [9.17, 15) is 4.79 Å². The fourth-order valence-corrected chi connectivity index (χ4v) is 1.97. The second-order valence-corrected chi connectivity index (χ2v) is 5.11. The monoisotopic (exact) mass is 334 g/mol. The molecule has 0 spiro atoms. The molecule has 0 aliphatic carbocycles. The highest BCUT2D eigenvalue weighted by molar-refractivity contribution is 9.10. The smallest absolute Gasteiger partial charge is 0.260 e. The van der Waals surface area contributed by atoms with Crippen molar-refractivity contribution in [3.8, 4) is 5.75 Å². The zero-order valence-corrected chi connectivity index (χ0v) is 12.7. The normalized spacial score (nSPS) is 10.2. The van der Waals surface area contributed by atoms with Gasteiger partial charge in [0.25, 0.3) is 5.91 Å². The van der Waals surface area contributed by atoms with Gasteiger partial charge in [0, 0.05) is 24.6 Å². The Balaban J connectivity index is 2.47. The van der Waals surface area contributed by atoms with Gasteiger partial charge in [-0.1, -0.05) is 27.5 Å². The minimum absolute atomic E-state index is 0.0123. The summed E-state index contributed by atoms with van der Waals surface area (Å²) in [5.74, 6) is 0.430. The number of nitrogens with one attached hydrogen (secondary N) is 1. The van der Waals surface area contributed by atoms with Gasteiger partial charge in [0.05, 0.1) is 5.02 Å². The summed E-state index contributed by atoms with van der Waals surface area (Å²) in [7, 11) is 3.59. The van der Waals surface area contributed by atoms with Gasteiger partial charge in [0.2, 0.25) is 0 Å². The standard InChI is InChI=1S/C12H16BrClN2O2/c1-15-5-6-16(2)12(17)8-18-11-4-3-9(13)7-10(11)14/h3-4,7,15H,5-6,8H2,1-2H3. The van der Waals surface area contributed by atoms with Crippen LogP contribution in [0.15, 0.2) is 22.7 Å². The van der Waals surface area contributed by atoms with Crippen LogP contribution in [0.25, 0.3) is 0 Å². The van der Waals surface area contributed by atoms with E-state index in [1.165, 1.54) is 0 Å². The van der Waals surface area contributed by atoms with Crippen molar-refractivity contribution in [2.24, 2.45) is 0 Å². The number of amides is 1. The number of carbonyl (C=O) groups excluding carboxylic acids is 1. The molecule has 0 radical (unpaired) electrons. The second kappa shape index (κ2) is 7.61. The first-order valence-electron chi connectivity index (χ1n) is 5.51. The second-order valence-electron chi connectivity index (χ2n) is 3.78. The fourth-order valence-electron chi connectivity index (χ4n) is 1.25. The van der Waals surface area contributed by atoms with E-state index in [1.54, 1.807) is 24.1 Å². The average molecular weight is 336 g/mol. The summed E-state index contributed by atoms with van der Waals surface area (Å²) in [5.41, 5.74) is 0. The number of ether oxygens (including phenoxy) is 1. The molecule has 0 aliphatic rings. The van der Waals surface area contributed by atoms with E-state index < -0.39 is 0 Å². The molecule has 1 N–H and O–H groups in total. The zero-order valence-electron chi connectivity index (χ0n) is 10.4. The molecule has 4 nitrogen and oxygen atoms in total. The van der Waals surface area contributed by atoms with E-state index in [4.69, 9.17) is 16.3 Å². The molecule has 0 saturated heterocycles. The van der Waals surface area contributed by atoms with E-state index in [-0.39, 0.29) is 12.5 Å². The topological polar surface area (TPSA) is 41.6 Å². The summed E-state index contributed by atoms with van der Waals surface area (Å²) in [6.07, 6.45) is 0. The summed E-state index contributed by atoms with van der Waals surface area (Å²) < 4.78 is 6.26. The lowest BCUT2D eigenvalue weighted by Crippen LogP contribution is -2.35. The maximum absolute atomic E-state index is 11.7. The minimum atomic E-state index is -0.0794. The van der Waals surface area contributed by atoms with Crippen molar-refractivity contribution in [2.45, 2.75) is 0 Å². The molecule has 18 heavy (non-hydrogen) atoms. The Bertz CT molecular complexity index is 415. The molecule has 0 atom stereocenters. The number of benzene rings is 1. The Kier molecular flexibility index (Phi) is 6.46. The van der Waals surface area contributed by atoms with E-state index in [0.29, 0.717) is 17.3 Å². The summed E-state index contributed by atoms with van der Waals surface area (Å²) in [6, 6.07) is 5.27. The third-order valence-electron chi connectivity index (χ3n) is 2.37. The van der Waals surface area contributed by atoms with E-state index >= 15 is 0 Å². The van der Waals surface area contributed by atoms with Gasteiger partial charge in [-0.25, -0.2) is 0 Å². The number of likely N-dealkylation sites (N-methyl/N-ethyl adjacent to an activating group) is 2. The Morgan fingerprint density at radius 2 is 2.28 bits per heavy atom. The van der Waals surface area contributed by atoms with Crippen LogP contribution < -0.4 is 10.1 Å². The van der Waals surface area contributed by atoms with Gasteiger partial charge in [-0.05, 0) is 25.2 Å². The van der Waals surface area contributed by atoms with Crippen LogP contribution in [-0.4, -0.2) is 44.6 Å². The quantitative estimate of drug-likeness (QED) is 0.866. The van der Waals surface area contributed by atoms with Crippen molar-refractivity contribution < 1.29 is 9.53 Å². The zero-order chi connectivity index (χ0) is 13.5. The molecule has 0 heterocycles. The largest absolute Gasteiger partial charge is 0.482 e. The average Bonchev–Trinajstić information content (AvgIpc) is 2.34. The van der Waals surface area contributed by atoms with Crippen LogP contribution in [0.1, 0.15) is 0 Å². The molecule has 6 heteroatoms. The number of hydrogen-bond acceptors (Lipinski definition) is 3. The summed E-state index contributed by atoms with van der Waals surface area (Å²) in [5, 5.41) is 3.46. The predicted molar refractivity (Wildman–Crippen MR) is 76.2 cm³/mol. The lowest BCUT2D eigenvalue weighted by atomic mass is 10.3. The number of hydrogen-bond donors (Lipinski definition) is 1. The van der Waals surface area contributed by atoms with Crippen molar-refractivity contribution in [1.29, 1.82) is 0 Å². The number of halogens is 2. The number of carbonyl (C=O) groups is 1.